The Hall–Kier alpha value is -1.53. The molecule has 132 valence electrons. The Morgan fingerprint density at radius 2 is 2.08 bits per heavy atom. The second kappa shape index (κ2) is 8.53. The maximum atomic E-state index is 11.7. The molecular formula is C18H28N4O2. The normalized spacial score (nSPS) is 23.6. The molecule has 2 aliphatic rings. The molecule has 0 aliphatic carbocycles. The fourth-order valence-electron chi connectivity index (χ4n) is 3.86. The van der Waals surface area contributed by atoms with E-state index in [0.29, 0.717) is 17.7 Å². The Balaban J connectivity index is 1.55. The highest BCUT2D eigenvalue weighted by Crippen LogP contribution is 2.24. The SMILES string of the molecule is CNC(=O)c1cc(C[C@H]2CCCN(C3CCOCC3)CC2)ncn1. The number of ether oxygens (including phenoxy) is 1. The number of likely N-dealkylation sites (tertiary alicyclic amines) is 1. The Morgan fingerprint density at radius 3 is 2.88 bits per heavy atom. The quantitative estimate of drug-likeness (QED) is 0.908. The molecule has 0 spiro atoms. The van der Waals surface area contributed by atoms with Gasteiger partial charge in [-0.15, -0.1) is 0 Å². The summed E-state index contributed by atoms with van der Waals surface area (Å²) in [5.74, 6) is 0.493. The van der Waals surface area contributed by atoms with Crippen molar-refractivity contribution in [3.63, 3.8) is 0 Å². The first-order valence-electron chi connectivity index (χ1n) is 9.11. The summed E-state index contributed by atoms with van der Waals surface area (Å²) >= 11 is 0. The summed E-state index contributed by atoms with van der Waals surface area (Å²) in [6, 6.07) is 2.54. The van der Waals surface area contributed by atoms with E-state index in [2.05, 4.69) is 20.2 Å². The van der Waals surface area contributed by atoms with Crippen LogP contribution in [0.25, 0.3) is 0 Å². The van der Waals surface area contributed by atoms with E-state index in [1.165, 1.54) is 51.5 Å². The number of nitrogens with zero attached hydrogens (tertiary/aromatic N) is 3. The van der Waals surface area contributed by atoms with Gasteiger partial charge in [0.05, 0.1) is 0 Å². The van der Waals surface area contributed by atoms with Crippen molar-refractivity contribution in [3.8, 4) is 0 Å². The molecular weight excluding hydrogens is 304 g/mol. The van der Waals surface area contributed by atoms with Crippen LogP contribution in [0.1, 0.15) is 48.3 Å². The van der Waals surface area contributed by atoms with Gasteiger partial charge in [0, 0.05) is 32.0 Å². The van der Waals surface area contributed by atoms with Crippen molar-refractivity contribution in [2.24, 2.45) is 5.92 Å². The average Bonchev–Trinajstić information content (AvgIpc) is 2.87. The Morgan fingerprint density at radius 1 is 1.25 bits per heavy atom. The van der Waals surface area contributed by atoms with Gasteiger partial charge in [0.25, 0.3) is 5.91 Å². The van der Waals surface area contributed by atoms with Crippen LogP contribution in [-0.2, 0) is 11.2 Å². The van der Waals surface area contributed by atoms with Crippen molar-refractivity contribution in [2.45, 2.75) is 44.6 Å². The lowest BCUT2D eigenvalue weighted by Gasteiger charge is -2.33. The fourth-order valence-corrected chi connectivity index (χ4v) is 3.86. The van der Waals surface area contributed by atoms with Crippen LogP contribution in [0.4, 0.5) is 0 Å². The molecule has 0 unspecified atom stereocenters. The van der Waals surface area contributed by atoms with Gasteiger partial charge in [-0.1, -0.05) is 0 Å². The van der Waals surface area contributed by atoms with Gasteiger partial charge in [-0.3, -0.25) is 4.79 Å². The summed E-state index contributed by atoms with van der Waals surface area (Å²) in [4.78, 5) is 22.8. The molecule has 24 heavy (non-hydrogen) atoms. The van der Waals surface area contributed by atoms with Crippen LogP contribution in [0.15, 0.2) is 12.4 Å². The van der Waals surface area contributed by atoms with Crippen LogP contribution in [0.3, 0.4) is 0 Å². The summed E-state index contributed by atoms with van der Waals surface area (Å²) in [7, 11) is 1.63. The molecule has 0 bridgehead atoms. The monoisotopic (exact) mass is 332 g/mol. The minimum Gasteiger partial charge on any atom is -0.381 e. The van der Waals surface area contributed by atoms with E-state index in [1.54, 1.807) is 7.05 Å². The van der Waals surface area contributed by atoms with Crippen LogP contribution in [0.2, 0.25) is 0 Å². The van der Waals surface area contributed by atoms with E-state index in [0.717, 1.165) is 25.3 Å². The number of hydrogen-bond acceptors (Lipinski definition) is 5. The highest BCUT2D eigenvalue weighted by molar-refractivity contribution is 5.91. The summed E-state index contributed by atoms with van der Waals surface area (Å²) in [6.45, 7) is 4.19. The zero-order chi connectivity index (χ0) is 16.8. The molecule has 6 heteroatoms. The Labute approximate surface area is 144 Å². The van der Waals surface area contributed by atoms with Gasteiger partial charge in [-0.25, -0.2) is 9.97 Å². The fraction of sp³-hybridized carbons (Fsp3) is 0.722. The molecule has 0 radical (unpaired) electrons. The molecule has 3 rings (SSSR count). The third kappa shape index (κ3) is 4.51. The average molecular weight is 332 g/mol. The summed E-state index contributed by atoms with van der Waals surface area (Å²) in [6.07, 6.45) is 8.47. The lowest BCUT2D eigenvalue weighted by atomic mass is 9.95. The van der Waals surface area contributed by atoms with E-state index in [1.807, 2.05) is 6.07 Å². The van der Waals surface area contributed by atoms with Crippen molar-refractivity contribution in [1.29, 1.82) is 0 Å². The summed E-state index contributed by atoms with van der Waals surface area (Å²) in [5, 5.41) is 2.62. The van der Waals surface area contributed by atoms with E-state index in [9.17, 15) is 4.79 Å². The zero-order valence-corrected chi connectivity index (χ0v) is 14.5. The van der Waals surface area contributed by atoms with Crippen molar-refractivity contribution >= 4 is 5.91 Å². The second-order valence-electron chi connectivity index (χ2n) is 6.85. The van der Waals surface area contributed by atoms with Crippen molar-refractivity contribution in [1.82, 2.24) is 20.2 Å². The standard InChI is InChI=1S/C18H28N4O2/c1-19-18(23)17-12-15(20-13-21-17)11-14-3-2-7-22(8-4-14)16-5-9-24-10-6-16/h12-14,16H,2-11H2,1H3,(H,19,23)/t14-/m0/s1. The summed E-state index contributed by atoms with van der Waals surface area (Å²) in [5.41, 5.74) is 1.44. The molecule has 3 heterocycles. The molecule has 0 saturated carbocycles. The third-order valence-corrected chi connectivity index (χ3v) is 5.27. The third-order valence-electron chi connectivity index (χ3n) is 5.27. The highest BCUT2D eigenvalue weighted by Gasteiger charge is 2.25. The van der Waals surface area contributed by atoms with Crippen LogP contribution < -0.4 is 5.32 Å². The van der Waals surface area contributed by atoms with E-state index in [-0.39, 0.29) is 5.91 Å². The van der Waals surface area contributed by atoms with Gasteiger partial charge >= 0.3 is 0 Å². The van der Waals surface area contributed by atoms with Gasteiger partial charge in [0.1, 0.15) is 12.0 Å². The predicted molar refractivity (Wildman–Crippen MR) is 91.9 cm³/mol. The van der Waals surface area contributed by atoms with Gasteiger partial charge in [-0.05, 0) is 63.6 Å². The van der Waals surface area contributed by atoms with Gasteiger partial charge in [0.15, 0.2) is 0 Å². The van der Waals surface area contributed by atoms with E-state index in [4.69, 9.17) is 4.74 Å². The molecule has 1 aromatic rings. The van der Waals surface area contributed by atoms with E-state index >= 15 is 0 Å². The number of amides is 1. The minimum absolute atomic E-state index is 0.148. The maximum Gasteiger partial charge on any atom is 0.269 e. The van der Waals surface area contributed by atoms with Crippen molar-refractivity contribution < 1.29 is 9.53 Å². The van der Waals surface area contributed by atoms with Crippen molar-refractivity contribution in [3.05, 3.63) is 23.8 Å². The van der Waals surface area contributed by atoms with Crippen LogP contribution >= 0.6 is 0 Å². The molecule has 2 fully saturated rings. The van der Waals surface area contributed by atoms with Crippen LogP contribution in [0, 0.1) is 5.92 Å². The van der Waals surface area contributed by atoms with Gasteiger partial charge < -0.3 is 15.0 Å². The maximum absolute atomic E-state index is 11.7. The molecule has 1 aromatic heterocycles. The Kier molecular flexibility index (Phi) is 6.15. The minimum atomic E-state index is -0.148. The predicted octanol–water partition coefficient (Wildman–Crippen LogP) is 1.66. The largest absolute Gasteiger partial charge is 0.381 e. The lowest BCUT2D eigenvalue weighted by Crippen LogP contribution is -2.40. The van der Waals surface area contributed by atoms with Crippen molar-refractivity contribution in [2.75, 3.05) is 33.4 Å². The molecule has 6 nitrogen and oxygen atoms in total. The lowest BCUT2D eigenvalue weighted by molar-refractivity contribution is 0.0349. The molecule has 0 aromatic carbocycles. The van der Waals surface area contributed by atoms with Crippen LogP contribution in [-0.4, -0.2) is 60.2 Å². The zero-order valence-electron chi connectivity index (χ0n) is 14.5. The Bertz CT molecular complexity index is 546. The number of nitrogens with one attached hydrogen (secondary N) is 1. The van der Waals surface area contributed by atoms with Gasteiger partial charge in [0.2, 0.25) is 0 Å². The summed E-state index contributed by atoms with van der Waals surface area (Å²) < 4.78 is 5.49. The number of carbonyl (C=O) groups excluding carboxylic acids is 1. The highest BCUT2D eigenvalue weighted by atomic mass is 16.5. The number of aromatic nitrogens is 2. The number of hydrogen-bond donors (Lipinski definition) is 1. The first-order valence-corrected chi connectivity index (χ1v) is 9.11. The topological polar surface area (TPSA) is 67.4 Å². The number of carbonyl (C=O) groups is 1. The van der Waals surface area contributed by atoms with Crippen LogP contribution in [0.5, 0.6) is 0 Å². The van der Waals surface area contributed by atoms with Gasteiger partial charge in [-0.2, -0.15) is 0 Å². The first-order chi connectivity index (χ1) is 11.8. The molecule has 1 amide bonds. The molecule has 1 N–H and O–H groups in total. The van der Waals surface area contributed by atoms with E-state index < -0.39 is 0 Å². The smallest absolute Gasteiger partial charge is 0.269 e. The number of rotatable bonds is 4. The molecule has 1 atom stereocenters. The second-order valence-corrected chi connectivity index (χ2v) is 6.85. The first kappa shape index (κ1) is 17.3. The molecule has 2 aliphatic heterocycles. The molecule has 2 saturated heterocycles.